The van der Waals surface area contributed by atoms with Gasteiger partial charge in [-0.1, -0.05) is 41.9 Å². The first-order chi connectivity index (χ1) is 14.5. The number of hydrogen-bond donors (Lipinski definition) is 0. The molecule has 154 valence electrons. The number of carbonyl (C=O) groups excluding carboxylic acids is 2. The molecule has 4 rings (SSSR count). The van der Waals surface area contributed by atoms with Crippen LogP contribution in [-0.2, 0) is 4.74 Å². The number of carbonyl (C=O) groups is 2. The topological polar surface area (TPSA) is 59.5 Å². The van der Waals surface area contributed by atoms with Gasteiger partial charge in [-0.25, -0.2) is 14.2 Å². The largest absolute Gasteiger partial charge is 0.457 e. The van der Waals surface area contributed by atoms with Crippen LogP contribution in [0.3, 0.4) is 0 Å². The highest BCUT2D eigenvalue weighted by molar-refractivity contribution is 7.13. The number of aromatic nitrogens is 1. The van der Waals surface area contributed by atoms with E-state index in [1.165, 1.54) is 23.5 Å². The van der Waals surface area contributed by atoms with Crippen molar-refractivity contribution in [2.45, 2.75) is 18.9 Å². The van der Waals surface area contributed by atoms with E-state index in [4.69, 9.17) is 16.3 Å². The molecular formula is C22H18ClFN2O3S. The number of rotatable bonds is 4. The summed E-state index contributed by atoms with van der Waals surface area (Å²) in [5.41, 5.74) is 1.06. The van der Waals surface area contributed by atoms with E-state index >= 15 is 0 Å². The highest BCUT2D eigenvalue weighted by atomic mass is 35.5. The van der Waals surface area contributed by atoms with Crippen LogP contribution < -0.4 is 0 Å². The number of halogens is 2. The maximum atomic E-state index is 13.8. The average Bonchev–Trinajstić information content (AvgIpc) is 3.25. The van der Waals surface area contributed by atoms with Crippen molar-refractivity contribution in [3.05, 3.63) is 76.0 Å². The van der Waals surface area contributed by atoms with E-state index in [-0.39, 0.29) is 23.3 Å². The lowest BCUT2D eigenvalue weighted by molar-refractivity contribution is 0.0115. The zero-order valence-electron chi connectivity index (χ0n) is 15.9. The number of ether oxygens (including phenoxy) is 1. The van der Waals surface area contributed by atoms with E-state index in [9.17, 15) is 14.0 Å². The fourth-order valence-electron chi connectivity index (χ4n) is 3.32. The Kier molecular flexibility index (Phi) is 6.11. The molecule has 1 aromatic heterocycles. The van der Waals surface area contributed by atoms with Crippen molar-refractivity contribution in [1.82, 2.24) is 9.88 Å². The van der Waals surface area contributed by atoms with Crippen LogP contribution >= 0.6 is 22.9 Å². The van der Waals surface area contributed by atoms with Gasteiger partial charge < -0.3 is 9.64 Å². The normalized spacial score (nSPS) is 14.5. The van der Waals surface area contributed by atoms with Crippen molar-refractivity contribution in [3.8, 4) is 10.6 Å². The highest BCUT2D eigenvalue weighted by Gasteiger charge is 2.28. The summed E-state index contributed by atoms with van der Waals surface area (Å²) in [6.07, 6.45) is 0.675. The van der Waals surface area contributed by atoms with Crippen LogP contribution in [0.2, 0.25) is 5.02 Å². The van der Waals surface area contributed by atoms with Crippen LogP contribution in [0.5, 0.6) is 0 Å². The molecular weight excluding hydrogens is 427 g/mol. The number of nitrogens with zero attached hydrogens (tertiary/aromatic N) is 2. The summed E-state index contributed by atoms with van der Waals surface area (Å²) < 4.78 is 19.4. The molecule has 0 bridgehead atoms. The first kappa shape index (κ1) is 20.5. The number of likely N-dealkylation sites (tertiary alicyclic amines) is 1. The third kappa shape index (κ3) is 4.37. The molecule has 30 heavy (non-hydrogen) atoms. The minimum Gasteiger partial charge on any atom is -0.457 e. The zero-order valence-corrected chi connectivity index (χ0v) is 17.5. The molecule has 0 spiro atoms. The lowest BCUT2D eigenvalue weighted by atomic mass is 10.1. The van der Waals surface area contributed by atoms with Gasteiger partial charge in [0.25, 0.3) is 5.91 Å². The lowest BCUT2D eigenvalue weighted by Crippen LogP contribution is -2.41. The van der Waals surface area contributed by atoms with Crippen molar-refractivity contribution in [2.24, 2.45) is 0 Å². The molecule has 1 fully saturated rings. The SMILES string of the molecule is O=C(OC1CCN(C(=O)c2ccccc2F)CC1)c1csc(-c2ccccc2Cl)n1. The maximum absolute atomic E-state index is 13.8. The van der Waals surface area contributed by atoms with E-state index in [0.29, 0.717) is 36.0 Å². The minimum atomic E-state index is -0.533. The summed E-state index contributed by atoms with van der Waals surface area (Å²) in [6.45, 7) is 0.792. The third-order valence-electron chi connectivity index (χ3n) is 4.92. The van der Waals surface area contributed by atoms with Gasteiger partial charge in [-0.2, -0.15) is 0 Å². The standard InChI is InChI=1S/C22H18ClFN2O3S/c23-17-7-3-1-5-15(17)20-25-19(13-30-20)22(28)29-14-9-11-26(12-10-14)21(27)16-6-2-4-8-18(16)24/h1-8,13-14H,9-12H2. The second kappa shape index (κ2) is 8.93. The molecule has 2 heterocycles. The minimum absolute atomic E-state index is 0.0579. The molecule has 8 heteroatoms. The number of piperidine rings is 1. The Balaban J connectivity index is 1.34. The number of amides is 1. The van der Waals surface area contributed by atoms with Gasteiger partial charge in [0.05, 0.1) is 10.6 Å². The predicted octanol–water partition coefficient (Wildman–Crippen LogP) is 5.06. The van der Waals surface area contributed by atoms with Crippen LogP contribution in [0.1, 0.15) is 33.7 Å². The first-order valence-electron chi connectivity index (χ1n) is 9.48. The molecule has 0 unspecified atom stereocenters. The lowest BCUT2D eigenvalue weighted by Gasteiger charge is -2.31. The van der Waals surface area contributed by atoms with E-state index in [2.05, 4.69) is 4.98 Å². The Morgan fingerprint density at radius 3 is 2.53 bits per heavy atom. The van der Waals surface area contributed by atoms with Crippen molar-refractivity contribution in [2.75, 3.05) is 13.1 Å². The third-order valence-corrected chi connectivity index (χ3v) is 6.13. The average molecular weight is 445 g/mol. The fraction of sp³-hybridized carbons (Fsp3) is 0.227. The summed E-state index contributed by atoms with van der Waals surface area (Å²) in [5.74, 6) is -1.38. The van der Waals surface area contributed by atoms with Gasteiger partial charge in [-0.05, 0) is 18.2 Å². The number of esters is 1. The number of thiazole rings is 1. The fourth-order valence-corrected chi connectivity index (χ4v) is 4.43. The molecule has 1 aliphatic heterocycles. The molecule has 5 nitrogen and oxygen atoms in total. The van der Waals surface area contributed by atoms with E-state index in [1.807, 2.05) is 18.2 Å². The van der Waals surface area contributed by atoms with E-state index < -0.39 is 11.8 Å². The van der Waals surface area contributed by atoms with Gasteiger partial charge in [0.2, 0.25) is 0 Å². The molecule has 3 aromatic rings. The first-order valence-corrected chi connectivity index (χ1v) is 10.7. The van der Waals surface area contributed by atoms with Gasteiger partial charge >= 0.3 is 5.97 Å². The van der Waals surface area contributed by atoms with Crippen LogP contribution in [0.4, 0.5) is 4.39 Å². The highest BCUT2D eigenvalue weighted by Crippen LogP contribution is 2.30. The monoisotopic (exact) mass is 444 g/mol. The molecule has 2 aromatic carbocycles. The van der Waals surface area contributed by atoms with Gasteiger partial charge in [0.1, 0.15) is 16.9 Å². The van der Waals surface area contributed by atoms with Crippen molar-refractivity contribution < 1.29 is 18.7 Å². The molecule has 1 saturated heterocycles. The smallest absolute Gasteiger partial charge is 0.358 e. The Morgan fingerprint density at radius 2 is 1.80 bits per heavy atom. The second-order valence-corrected chi connectivity index (χ2v) is 8.16. The molecule has 0 radical (unpaired) electrons. The Bertz CT molecular complexity index is 1080. The molecule has 0 atom stereocenters. The second-order valence-electron chi connectivity index (χ2n) is 6.89. The van der Waals surface area contributed by atoms with E-state index in [0.717, 1.165) is 5.56 Å². The molecule has 0 aliphatic carbocycles. The van der Waals surface area contributed by atoms with E-state index in [1.54, 1.807) is 28.5 Å². The van der Waals surface area contributed by atoms with Crippen LogP contribution in [0, 0.1) is 5.82 Å². The summed E-state index contributed by atoms with van der Waals surface area (Å²) in [7, 11) is 0. The van der Waals surface area contributed by atoms with Gasteiger partial charge in [-0.15, -0.1) is 11.3 Å². The quantitative estimate of drug-likeness (QED) is 0.527. The number of hydrogen-bond acceptors (Lipinski definition) is 5. The summed E-state index contributed by atoms with van der Waals surface area (Å²) in [6, 6.07) is 13.2. The van der Waals surface area contributed by atoms with Crippen LogP contribution in [-0.4, -0.2) is 41.0 Å². The van der Waals surface area contributed by atoms with Gasteiger partial charge in [0, 0.05) is 36.9 Å². The molecule has 0 N–H and O–H groups in total. The molecule has 1 amide bonds. The summed E-state index contributed by atoms with van der Waals surface area (Å²) >= 11 is 7.52. The van der Waals surface area contributed by atoms with Crippen LogP contribution in [0.15, 0.2) is 53.9 Å². The predicted molar refractivity (Wildman–Crippen MR) is 113 cm³/mol. The van der Waals surface area contributed by atoms with Crippen molar-refractivity contribution in [1.29, 1.82) is 0 Å². The van der Waals surface area contributed by atoms with Gasteiger partial charge in [-0.3, -0.25) is 4.79 Å². The Hall–Kier alpha value is -2.77. The molecule has 0 saturated carbocycles. The van der Waals surface area contributed by atoms with Gasteiger partial charge in [0.15, 0.2) is 5.69 Å². The Labute approximate surface area is 182 Å². The Morgan fingerprint density at radius 1 is 1.10 bits per heavy atom. The maximum Gasteiger partial charge on any atom is 0.358 e. The summed E-state index contributed by atoms with van der Waals surface area (Å²) in [4.78, 5) is 30.9. The van der Waals surface area contributed by atoms with Crippen LogP contribution in [0.25, 0.3) is 10.6 Å². The summed E-state index contributed by atoms with van der Waals surface area (Å²) in [5, 5.41) is 2.87. The van der Waals surface area contributed by atoms with Crippen molar-refractivity contribution >= 4 is 34.8 Å². The molecule has 1 aliphatic rings. The zero-order chi connectivity index (χ0) is 21.1. The number of benzene rings is 2. The van der Waals surface area contributed by atoms with Crippen molar-refractivity contribution in [3.63, 3.8) is 0 Å².